The second kappa shape index (κ2) is 4.94. The quantitative estimate of drug-likeness (QED) is 0.606. The van der Waals surface area contributed by atoms with Gasteiger partial charge in [0.2, 0.25) is 0 Å². The summed E-state index contributed by atoms with van der Waals surface area (Å²) in [5.41, 5.74) is 0.865. The van der Waals surface area contributed by atoms with Gasteiger partial charge in [-0.3, -0.25) is 4.98 Å². The van der Waals surface area contributed by atoms with E-state index < -0.39 is 0 Å². The first kappa shape index (κ1) is 11.7. The van der Waals surface area contributed by atoms with Gasteiger partial charge in [0.1, 0.15) is 0 Å². The third-order valence-electron chi connectivity index (χ3n) is 1.29. The lowest BCUT2D eigenvalue weighted by molar-refractivity contribution is 0.804. The van der Waals surface area contributed by atoms with Crippen molar-refractivity contribution in [2.45, 2.75) is 25.5 Å². The Morgan fingerprint density at radius 2 is 2.21 bits per heavy atom. The maximum absolute atomic E-state index is 4.27. The molecule has 0 atom stereocenters. The zero-order valence-corrected chi connectivity index (χ0v) is 10.9. The zero-order chi connectivity index (χ0) is 10.6. The first-order valence-electron chi connectivity index (χ1n) is 4.31. The van der Waals surface area contributed by atoms with Gasteiger partial charge in [-0.25, -0.2) is 4.40 Å². The lowest BCUT2D eigenvalue weighted by Gasteiger charge is -2.12. The summed E-state index contributed by atoms with van der Waals surface area (Å²) >= 11 is 4.96. The van der Waals surface area contributed by atoms with Crippen molar-refractivity contribution in [2.75, 3.05) is 0 Å². The normalized spacial score (nSPS) is 12.3. The second-order valence-corrected chi connectivity index (χ2v) is 6.28. The van der Waals surface area contributed by atoms with E-state index in [1.54, 1.807) is 24.4 Å². The van der Waals surface area contributed by atoms with Crippen LogP contribution >= 0.6 is 27.9 Å². The van der Waals surface area contributed by atoms with Crippen LogP contribution in [-0.4, -0.2) is 15.9 Å². The summed E-state index contributed by atoms with van der Waals surface area (Å²) in [6.07, 6.45) is 3.54. The van der Waals surface area contributed by atoms with Gasteiger partial charge < -0.3 is 0 Å². The Kier molecular flexibility index (Phi) is 4.13. The number of hydrogen-bond acceptors (Lipinski definition) is 3. The SMILES string of the molecule is CC(C)(C)S/N=C/c1ncccc1Br. The predicted octanol–water partition coefficient (Wildman–Crippen LogP) is 3.71. The van der Waals surface area contributed by atoms with E-state index in [-0.39, 0.29) is 4.75 Å². The van der Waals surface area contributed by atoms with E-state index in [0.717, 1.165) is 10.2 Å². The van der Waals surface area contributed by atoms with Crippen molar-refractivity contribution in [2.24, 2.45) is 4.40 Å². The summed E-state index contributed by atoms with van der Waals surface area (Å²) in [7, 11) is 0. The number of nitrogens with zero attached hydrogens (tertiary/aromatic N) is 2. The van der Waals surface area contributed by atoms with Crippen LogP contribution in [0.15, 0.2) is 27.2 Å². The van der Waals surface area contributed by atoms with Gasteiger partial charge in [-0.1, -0.05) is 0 Å². The third kappa shape index (κ3) is 4.24. The summed E-state index contributed by atoms with van der Waals surface area (Å²) in [4.78, 5) is 4.19. The van der Waals surface area contributed by atoms with Crippen molar-refractivity contribution in [3.8, 4) is 0 Å². The molecule has 0 amide bonds. The summed E-state index contributed by atoms with van der Waals surface area (Å²) < 4.78 is 5.39. The van der Waals surface area contributed by atoms with Crippen LogP contribution in [0.1, 0.15) is 26.5 Å². The molecular formula is C10H13BrN2S. The van der Waals surface area contributed by atoms with Gasteiger partial charge in [0, 0.05) is 15.4 Å². The van der Waals surface area contributed by atoms with Gasteiger partial charge in [0.05, 0.1) is 11.9 Å². The molecule has 0 N–H and O–H groups in total. The predicted molar refractivity (Wildman–Crippen MR) is 66.9 cm³/mol. The van der Waals surface area contributed by atoms with Gasteiger partial charge >= 0.3 is 0 Å². The Hall–Kier alpha value is -0.350. The first-order chi connectivity index (χ1) is 6.49. The minimum atomic E-state index is 0.151. The van der Waals surface area contributed by atoms with Crippen LogP contribution in [0.5, 0.6) is 0 Å². The van der Waals surface area contributed by atoms with E-state index in [1.165, 1.54) is 0 Å². The van der Waals surface area contributed by atoms with E-state index in [2.05, 4.69) is 46.1 Å². The Morgan fingerprint density at radius 1 is 1.50 bits per heavy atom. The van der Waals surface area contributed by atoms with Crippen LogP contribution in [0.4, 0.5) is 0 Å². The molecule has 0 aromatic carbocycles. The molecule has 0 unspecified atom stereocenters. The molecule has 1 heterocycles. The number of halogens is 1. The lowest BCUT2D eigenvalue weighted by Crippen LogP contribution is -2.05. The highest BCUT2D eigenvalue weighted by Gasteiger charge is 2.09. The summed E-state index contributed by atoms with van der Waals surface area (Å²) in [5, 5.41) is 0. The molecule has 0 spiro atoms. The number of rotatable bonds is 2. The highest BCUT2D eigenvalue weighted by atomic mass is 79.9. The Balaban J connectivity index is 2.65. The molecule has 14 heavy (non-hydrogen) atoms. The van der Waals surface area contributed by atoms with Crippen LogP contribution in [0.25, 0.3) is 0 Å². The van der Waals surface area contributed by atoms with E-state index >= 15 is 0 Å². The Morgan fingerprint density at radius 3 is 2.79 bits per heavy atom. The highest BCUT2D eigenvalue weighted by molar-refractivity contribution is 9.10. The maximum Gasteiger partial charge on any atom is 0.0960 e. The molecule has 0 radical (unpaired) electrons. The fourth-order valence-corrected chi connectivity index (χ4v) is 1.55. The van der Waals surface area contributed by atoms with Gasteiger partial charge in [-0.2, -0.15) is 0 Å². The molecule has 1 aromatic heterocycles. The molecule has 4 heteroatoms. The Labute approximate surface area is 97.5 Å². The standard InChI is InChI=1S/C10H13BrN2S/c1-10(2,3)14-13-7-9-8(11)5-4-6-12-9/h4-7H,1-3H3/b13-7+. The largest absolute Gasteiger partial charge is 0.254 e. The zero-order valence-electron chi connectivity index (χ0n) is 8.49. The molecule has 0 saturated carbocycles. The molecule has 0 bridgehead atoms. The third-order valence-corrected chi connectivity index (χ3v) is 2.72. The molecule has 1 aromatic rings. The van der Waals surface area contributed by atoms with E-state index in [0.29, 0.717) is 0 Å². The van der Waals surface area contributed by atoms with Gasteiger partial charge in [0.25, 0.3) is 0 Å². The van der Waals surface area contributed by atoms with Gasteiger partial charge in [0.15, 0.2) is 0 Å². The fourth-order valence-electron chi connectivity index (χ4n) is 0.727. The molecule has 0 saturated heterocycles. The monoisotopic (exact) mass is 272 g/mol. The van der Waals surface area contributed by atoms with E-state index in [1.807, 2.05) is 12.1 Å². The van der Waals surface area contributed by atoms with Crippen molar-refractivity contribution in [1.82, 2.24) is 4.98 Å². The van der Waals surface area contributed by atoms with Crippen LogP contribution < -0.4 is 0 Å². The van der Waals surface area contributed by atoms with E-state index in [9.17, 15) is 0 Å². The molecule has 0 aliphatic carbocycles. The smallest absolute Gasteiger partial charge is 0.0960 e. The molecule has 1 rings (SSSR count). The average molecular weight is 273 g/mol. The van der Waals surface area contributed by atoms with Crippen molar-refractivity contribution in [1.29, 1.82) is 0 Å². The molecule has 0 aliphatic heterocycles. The van der Waals surface area contributed by atoms with Crippen molar-refractivity contribution < 1.29 is 0 Å². The maximum atomic E-state index is 4.27. The van der Waals surface area contributed by atoms with Crippen molar-refractivity contribution in [3.05, 3.63) is 28.5 Å². The second-order valence-electron chi connectivity index (χ2n) is 3.81. The van der Waals surface area contributed by atoms with Crippen molar-refractivity contribution >= 4 is 34.1 Å². The topological polar surface area (TPSA) is 25.2 Å². The van der Waals surface area contributed by atoms with E-state index in [4.69, 9.17) is 0 Å². The number of hydrogen-bond donors (Lipinski definition) is 0. The molecular weight excluding hydrogens is 260 g/mol. The number of pyridine rings is 1. The van der Waals surface area contributed by atoms with Gasteiger partial charge in [-0.15, -0.1) is 0 Å². The Bertz CT molecular complexity index is 331. The number of aromatic nitrogens is 1. The summed E-state index contributed by atoms with van der Waals surface area (Å²) in [6.45, 7) is 6.38. The minimum absolute atomic E-state index is 0.151. The molecule has 0 aliphatic rings. The fraction of sp³-hybridized carbons (Fsp3) is 0.400. The highest BCUT2D eigenvalue weighted by Crippen LogP contribution is 2.24. The van der Waals surface area contributed by atoms with Crippen molar-refractivity contribution in [3.63, 3.8) is 0 Å². The van der Waals surface area contributed by atoms with Crippen LogP contribution in [0, 0.1) is 0 Å². The summed E-state index contributed by atoms with van der Waals surface area (Å²) in [5.74, 6) is 0. The molecule has 0 fully saturated rings. The first-order valence-corrected chi connectivity index (χ1v) is 5.88. The van der Waals surface area contributed by atoms with Gasteiger partial charge in [-0.05, 0) is 60.8 Å². The molecule has 2 nitrogen and oxygen atoms in total. The van der Waals surface area contributed by atoms with Crippen LogP contribution in [0.3, 0.4) is 0 Å². The average Bonchev–Trinajstić information content (AvgIpc) is 2.06. The molecule has 76 valence electrons. The van der Waals surface area contributed by atoms with Crippen LogP contribution in [0.2, 0.25) is 0 Å². The summed E-state index contributed by atoms with van der Waals surface area (Å²) in [6, 6.07) is 3.84. The lowest BCUT2D eigenvalue weighted by atomic mass is 10.3. The van der Waals surface area contributed by atoms with Crippen LogP contribution in [-0.2, 0) is 0 Å². The minimum Gasteiger partial charge on any atom is -0.254 e.